The Morgan fingerprint density at radius 1 is 1.28 bits per heavy atom. The highest BCUT2D eigenvalue weighted by Gasteiger charge is 2.16. The molecule has 0 aliphatic heterocycles. The van der Waals surface area contributed by atoms with E-state index in [1.54, 1.807) is 6.26 Å². The molecular weight excluding hydrogens is 228 g/mol. The summed E-state index contributed by atoms with van der Waals surface area (Å²) in [7, 11) is 0. The minimum absolute atomic E-state index is 0.0700. The average Bonchev–Trinajstić information content (AvgIpc) is 2.79. The Morgan fingerprint density at radius 3 is 2.50 bits per heavy atom. The van der Waals surface area contributed by atoms with Crippen molar-refractivity contribution >= 4 is 0 Å². The van der Waals surface area contributed by atoms with Crippen LogP contribution in [0.3, 0.4) is 0 Å². The maximum absolute atomic E-state index is 5.64. The van der Waals surface area contributed by atoms with Crippen LogP contribution in [0, 0.1) is 6.92 Å². The van der Waals surface area contributed by atoms with Crippen molar-refractivity contribution in [3.63, 3.8) is 0 Å². The van der Waals surface area contributed by atoms with Crippen LogP contribution in [-0.2, 0) is 0 Å². The monoisotopic (exact) mass is 246 g/mol. The number of hydrogen-bond donors (Lipinski definition) is 2. The second-order valence-corrected chi connectivity index (χ2v) is 4.03. The highest BCUT2D eigenvalue weighted by Crippen LogP contribution is 2.26. The minimum Gasteiger partial charge on any atom is -0.494 e. The quantitative estimate of drug-likeness (QED) is 0.628. The van der Waals surface area contributed by atoms with E-state index in [9.17, 15) is 0 Å². The number of hydrazine groups is 1. The van der Waals surface area contributed by atoms with Gasteiger partial charge in [0.25, 0.3) is 0 Å². The molecule has 0 radical (unpaired) electrons. The number of furan rings is 1. The second kappa shape index (κ2) is 5.71. The summed E-state index contributed by atoms with van der Waals surface area (Å²) in [6.07, 6.45) is 1.67. The molecule has 0 fully saturated rings. The number of rotatable bonds is 5. The fraction of sp³-hybridized carbons (Fsp3) is 0.286. The third-order valence-electron chi connectivity index (χ3n) is 2.90. The van der Waals surface area contributed by atoms with E-state index in [0.29, 0.717) is 6.61 Å². The van der Waals surface area contributed by atoms with Crippen LogP contribution in [0.2, 0.25) is 0 Å². The van der Waals surface area contributed by atoms with Gasteiger partial charge in [-0.25, -0.2) is 5.43 Å². The molecule has 2 rings (SSSR count). The molecule has 96 valence electrons. The zero-order valence-corrected chi connectivity index (χ0v) is 10.6. The van der Waals surface area contributed by atoms with Crippen molar-refractivity contribution in [1.82, 2.24) is 5.43 Å². The van der Waals surface area contributed by atoms with Crippen molar-refractivity contribution in [3.8, 4) is 5.75 Å². The molecule has 0 bridgehead atoms. The van der Waals surface area contributed by atoms with Gasteiger partial charge < -0.3 is 9.15 Å². The Balaban J connectivity index is 2.25. The average molecular weight is 246 g/mol. The Morgan fingerprint density at radius 2 is 2.00 bits per heavy atom. The Hall–Kier alpha value is -1.78. The molecule has 1 aromatic carbocycles. The molecule has 0 aliphatic carbocycles. The second-order valence-electron chi connectivity index (χ2n) is 4.03. The molecule has 0 saturated carbocycles. The summed E-state index contributed by atoms with van der Waals surface area (Å²) in [4.78, 5) is 0. The standard InChI is InChI=1S/C14H18N2O2/c1-3-17-12-6-4-11(5-7-12)14(16-15)13-8-9-18-10(13)2/h4-9,14,16H,3,15H2,1-2H3. The lowest BCUT2D eigenvalue weighted by Crippen LogP contribution is -2.28. The number of aryl methyl sites for hydroxylation is 1. The summed E-state index contributed by atoms with van der Waals surface area (Å²) in [5.41, 5.74) is 4.93. The van der Waals surface area contributed by atoms with E-state index in [1.165, 1.54) is 0 Å². The third-order valence-corrected chi connectivity index (χ3v) is 2.90. The smallest absolute Gasteiger partial charge is 0.119 e. The van der Waals surface area contributed by atoms with Gasteiger partial charge in [-0.05, 0) is 37.6 Å². The fourth-order valence-corrected chi connectivity index (χ4v) is 1.98. The van der Waals surface area contributed by atoms with Crippen LogP contribution < -0.4 is 16.0 Å². The molecule has 0 aliphatic rings. The first-order chi connectivity index (χ1) is 8.76. The Kier molecular flexibility index (Phi) is 4.02. The maximum atomic E-state index is 5.64. The normalized spacial score (nSPS) is 12.4. The van der Waals surface area contributed by atoms with Gasteiger partial charge in [-0.2, -0.15) is 0 Å². The van der Waals surface area contributed by atoms with Gasteiger partial charge in [0.2, 0.25) is 0 Å². The molecule has 1 unspecified atom stereocenters. The van der Waals surface area contributed by atoms with Crippen LogP contribution in [0.4, 0.5) is 0 Å². The molecule has 18 heavy (non-hydrogen) atoms. The van der Waals surface area contributed by atoms with E-state index in [-0.39, 0.29) is 6.04 Å². The van der Waals surface area contributed by atoms with Crippen LogP contribution >= 0.6 is 0 Å². The number of nitrogens with two attached hydrogens (primary N) is 1. The van der Waals surface area contributed by atoms with Crippen molar-refractivity contribution in [2.24, 2.45) is 5.84 Å². The number of nitrogens with one attached hydrogen (secondary N) is 1. The van der Waals surface area contributed by atoms with Gasteiger partial charge in [-0.1, -0.05) is 12.1 Å². The van der Waals surface area contributed by atoms with Gasteiger partial charge in [-0.15, -0.1) is 0 Å². The molecule has 3 N–H and O–H groups in total. The van der Waals surface area contributed by atoms with Crippen molar-refractivity contribution in [1.29, 1.82) is 0 Å². The molecule has 0 amide bonds. The first kappa shape index (κ1) is 12.7. The van der Waals surface area contributed by atoms with Gasteiger partial charge in [-0.3, -0.25) is 5.84 Å². The summed E-state index contributed by atoms with van der Waals surface area (Å²) < 4.78 is 10.7. The zero-order valence-electron chi connectivity index (χ0n) is 10.6. The van der Waals surface area contributed by atoms with Crippen molar-refractivity contribution in [3.05, 3.63) is 53.5 Å². The fourth-order valence-electron chi connectivity index (χ4n) is 1.98. The Labute approximate surface area is 107 Å². The zero-order chi connectivity index (χ0) is 13.0. The molecule has 4 heteroatoms. The molecule has 0 spiro atoms. The van der Waals surface area contributed by atoms with Crippen LogP contribution in [0.15, 0.2) is 41.0 Å². The van der Waals surface area contributed by atoms with E-state index in [4.69, 9.17) is 15.0 Å². The predicted molar refractivity (Wildman–Crippen MR) is 70.2 cm³/mol. The lowest BCUT2D eigenvalue weighted by Gasteiger charge is -2.16. The topological polar surface area (TPSA) is 60.4 Å². The van der Waals surface area contributed by atoms with Crippen LogP contribution in [0.5, 0.6) is 5.75 Å². The van der Waals surface area contributed by atoms with E-state index in [0.717, 1.165) is 22.6 Å². The summed E-state index contributed by atoms with van der Waals surface area (Å²) in [6.45, 7) is 4.56. The third kappa shape index (κ3) is 2.55. The van der Waals surface area contributed by atoms with Gasteiger partial charge in [0.05, 0.1) is 18.9 Å². The predicted octanol–water partition coefficient (Wildman–Crippen LogP) is 2.54. The van der Waals surface area contributed by atoms with Crippen LogP contribution in [-0.4, -0.2) is 6.61 Å². The lowest BCUT2D eigenvalue weighted by molar-refractivity contribution is 0.340. The number of benzene rings is 1. The first-order valence-electron chi connectivity index (χ1n) is 5.99. The summed E-state index contributed by atoms with van der Waals surface area (Å²) in [6, 6.07) is 9.75. The van der Waals surface area contributed by atoms with Crippen LogP contribution in [0.25, 0.3) is 0 Å². The van der Waals surface area contributed by atoms with E-state index in [1.807, 2.05) is 44.2 Å². The summed E-state index contributed by atoms with van der Waals surface area (Å²) in [5, 5.41) is 0. The lowest BCUT2D eigenvalue weighted by atomic mass is 10.00. The number of hydrogen-bond acceptors (Lipinski definition) is 4. The van der Waals surface area contributed by atoms with E-state index >= 15 is 0 Å². The van der Waals surface area contributed by atoms with E-state index < -0.39 is 0 Å². The molecule has 0 saturated heterocycles. The summed E-state index contributed by atoms with van der Waals surface area (Å²) in [5.74, 6) is 7.37. The van der Waals surface area contributed by atoms with Gasteiger partial charge >= 0.3 is 0 Å². The SMILES string of the molecule is CCOc1ccc(C(NN)c2ccoc2C)cc1. The number of ether oxygens (including phenoxy) is 1. The van der Waals surface area contributed by atoms with Crippen molar-refractivity contribution in [2.75, 3.05) is 6.61 Å². The van der Waals surface area contributed by atoms with E-state index in [2.05, 4.69) is 5.43 Å². The van der Waals surface area contributed by atoms with Crippen molar-refractivity contribution < 1.29 is 9.15 Å². The van der Waals surface area contributed by atoms with Gasteiger partial charge in [0, 0.05) is 5.56 Å². The highest BCUT2D eigenvalue weighted by atomic mass is 16.5. The largest absolute Gasteiger partial charge is 0.494 e. The minimum atomic E-state index is -0.0700. The maximum Gasteiger partial charge on any atom is 0.119 e. The molecule has 1 aromatic heterocycles. The molecule has 1 atom stereocenters. The molecule has 1 heterocycles. The first-order valence-corrected chi connectivity index (χ1v) is 5.99. The summed E-state index contributed by atoms with van der Waals surface area (Å²) >= 11 is 0. The van der Waals surface area contributed by atoms with Crippen molar-refractivity contribution in [2.45, 2.75) is 19.9 Å². The molecule has 2 aromatic rings. The Bertz CT molecular complexity index is 491. The van der Waals surface area contributed by atoms with Gasteiger partial charge in [0.15, 0.2) is 0 Å². The van der Waals surface area contributed by atoms with Crippen LogP contribution in [0.1, 0.15) is 29.9 Å². The molecule has 4 nitrogen and oxygen atoms in total. The van der Waals surface area contributed by atoms with Gasteiger partial charge in [0.1, 0.15) is 11.5 Å². The molecular formula is C14H18N2O2. The highest BCUT2D eigenvalue weighted by molar-refractivity contribution is 5.36.